The molecule has 60 valence electrons. The van der Waals surface area contributed by atoms with Gasteiger partial charge >= 0.3 is 0 Å². The molecule has 0 aliphatic carbocycles. The van der Waals surface area contributed by atoms with E-state index in [4.69, 9.17) is 16.9 Å². The predicted octanol–water partition coefficient (Wildman–Crippen LogP) is 1.51. The molecule has 1 aromatic rings. The summed E-state index contributed by atoms with van der Waals surface area (Å²) in [5, 5.41) is 18.6. The number of halogens is 1. The summed E-state index contributed by atoms with van der Waals surface area (Å²) in [6, 6.07) is 2.74. The average molecular weight is 184 g/mol. The second-order valence-electron chi connectivity index (χ2n) is 1.86. The lowest BCUT2D eigenvalue weighted by molar-refractivity contribution is -0.385. The number of hydrogen-bond acceptors (Lipinski definition) is 4. The Morgan fingerprint density at radius 1 is 1.75 bits per heavy atom. The van der Waals surface area contributed by atoms with Gasteiger partial charge in [0.15, 0.2) is 10.7 Å². The molecule has 0 radical (unpaired) electrons. The van der Waals surface area contributed by atoms with Crippen LogP contribution < -0.4 is 0 Å². The van der Waals surface area contributed by atoms with E-state index in [9.17, 15) is 10.1 Å². The molecule has 0 spiro atoms. The van der Waals surface area contributed by atoms with Crippen LogP contribution in [-0.4, -0.2) is 9.91 Å². The largest absolute Gasteiger partial charge is 0.291 e. The van der Waals surface area contributed by atoms with Gasteiger partial charge in [-0.05, 0) is 0 Å². The molecule has 0 aliphatic rings. The van der Waals surface area contributed by atoms with Crippen LogP contribution in [0.1, 0.15) is 5.56 Å². The molecule has 1 heterocycles. The molecule has 0 saturated carbocycles. The Bertz CT molecular complexity index is 372. The van der Waals surface area contributed by atoms with E-state index >= 15 is 0 Å². The third kappa shape index (κ3) is 1.33. The van der Waals surface area contributed by atoms with Gasteiger partial charge in [-0.15, -0.1) is 0 Å². The maximum absolute atomic E-state index is 10.3. The molecule has 1 rings (SSSR count). The summed E-state index contributed by atoms with van der Waals surface area (Å²) in [5.74, 6) is 0. The Labute approximate surface area is 72.4 Å². The van der Waals surface area contributed by atoms with Crippen LogP contribution in [0.15, 0.2) is 12.3 Å². The molecule has 1 aromatic heterocycles. The first kappa shape index (κ1) is 8.43. The normalized spacial score (nSPS) is 9.00. The number of aromatic nitrogens is 1. The SMILES string of the molecule is N#Cc1c([N+](=O)[O-])ccnc1Cl. The number of hydrogen-bond donors (Lipinski definition) is 0. The molecular weight excluding hydrogens is 182 g/mol. The van der Waals surface area contributed by atoms with Gasteiger partial charge in [-0.3, -0.25) is 10.1 Å². The third-order valence-electron chi connectivity index (χ3n) is 1.19. The van der Waals surface area contributed by atoms with Gasteiger partial charge in [0.1, 0.15) is 6.07 Å². The van der Waals surface area contributed by atoms with Crippen molar-refractivity contribution in [2.24, 2.45) is 0 Å². The molecule has 0 amide bonds. The lowest BCUT2D eigenvalue weighted by Gasteiger charge is -1.93. The Kier molecular flexibility index (Phi) is 2.21. The molecule has 0 unspecified atom stereocenters. The Morgan fingerprint density at radius 3 is 2.83 bits per heavy atom. The van der Waals surface area contributed by atoms with E-state index in [-0.39, 0.29) is 16.4 Å². The van der Waals surface area contributed by atoms with E-state index in [0.29, 0.717) is 0 Å². The first-order valence-corrected chi connectivity index (χ1v) is 3.23. The molecule has 0 bridgehead atoms. The van der Waals surface area contributed by atoms with Gasteiger partial charge in [0.25, 0.3) is 5.69 Å². The smallest absolute Gasteiger partial charge is 0.258 e. The van der Waals surface area contributed by atoms with Gasteiger partial charge in [-0.25, -0.2) is 4.98 Å². The van der Waals surface area contributed by atoms with E-state index in [1.54, 1.807) is 6.07 Å². The summed E-state index contributed by atoms with van der Waals surface area (Å²) >= 11 is 5.44. The van der Waals surface area contributed by atoms with Crippen LogP contribution >= 0.6 is 11.6 Å². The minimum atomic E-state index is -0.674. The molecular formula is C6H2ClN3O2. The summed E-state index contributed by atoms with van der Waals surface area (Å²) in [6.45, 7) is 0. The minimum absolute atomic E-state index is 0.147. The van der Waals surface area contributed by atoms with E-state index < -0.39 is 4.92 Å². The highest BCUT2D eigenvalue weighted by Gasteiger charge is 2.16. The second kappa shape index (κ2) is 3.15. The van der Waals surface area contributed by atoms with Crippen LogP contribution in [0.3, 0.4) is 0 Å². The lowest BCUT2D eigenvalue weighted by atomic mass is 10.2. The maximum atomic E-state index is 10.3. The fraction of sp³-hybridized carbons (Fsp3) is 0. The highest BCUT2D eigenvalue weighted by Crippen LogP contribution is 2.22. The zero-order valence-corrected chi connectivity index (χ0v) is 6.45. The van der Waals surface area contributed by atoms with Crippen molar-refractivity contribution in [2.45, 2.75) is 0 Å². The van der Waals surface area contributed by atoms with Crippen LogP contribution in [0.5, 0.6) is 0 Å². The Hall–Kier alpha value is -1.67. The number of pyridine rings is 1. The predicted molar refractivity (Wildman–Crippen MR) is 40.6 cm³/mol. The van der Waals surface area contributed by atoms with Crippen molar-refractivity contribution in [1.29, 1.82) is 5.26 Å². The summed E-state index contributed by atoms with van der Waals surface area (Å²) in [4.78, 5) is 13.2. The fourth-order valence-electron chi connectivity index (χ4n) is 0.682. The lowest BCUT2D eigenvalue weighted by Crippen LogP contribution is -1.93. The quantitative estimate of drug-likeness (QED) is 0.376. The van der Waals surface area contributed by atoms with Crippen LogP contribution in [0.25, 0.3) is 0 Å². The van der Waals surface area contributed by atoms with Gasteiger partial charge in [0, 0.05) is 12.3 Å². The van der Waals surface area contributed by atoms with Crippen LogP contribution in [0.2, 0.25) is 5.15 Å². The van der Waals surface area contributed by atoms with E-state index in [2.05, 4.69) is 4.98 Å². The number of nitrogens with zero attached hydrogens (tertiary/aromatic N) is 3. The number of rotatable bonds is 1. The molecule has 0 N–H and O–H groups in total. The van der Waals surface area contributed by atoms with Crippen molar-refractivity contribution in [3.8, 4) is 6.07 Å². The van der Waals surface area contributed by atoms with Gasteiger partial charge in [0.2, 0.25) is 0 Å². The van der Waals surface area contributed by atoms with Crippen molar-refractivity contribution in [3.63, 3.8) is 0 Å². The zero-order valence-electron chi connectivity index (χ0n) is 5.69. The Balaban J connectivity index is 3.40. The molecule has 0 atom stereocenters. The van der Waals surface area contributed by atoms with Crippen molar-refractivity contribution < 1.29 is 4.92 Å². The van der Waals surface area contributed by atoms with Crippen LogP contribution in [-0.2, 0) is 0 Å². The van der Waals surface area contributed by atoms with E-state index in [1.165, 1.54) is 6.20 Å². The summed E-state index contributed by atoms with van der Waals surface area (Å²) < 4.78 is 0. The fourth-order valence-corrected chi connectivity index (χ4v) is 0.878. The molecule has 12 heavy (non-hydrogen) atoms. The highest BCUT2D eigenvalue weighted by atomic mass is 35.5. The Morgan fingerprint density at radius 2 is 2.42 bits per heavy atom. The monoisotopic (exact) mass is 183 g/mol. The van der Waals surface area contributed by atoms with Gasteiger partial charge in [0.05, 0.1) is 4.92 Å². The molecule has 0 fully saturated rings. The number of nitro groups is 1. The van der Waals surface area contributed by atoms with Crippen LogP contribution in [0, 0.1) is 21.4 Å². The maximum Gasteiger partial charge on any atom is 0.291 e. The molecule has 0 aliphatic heterocycles. The van der Waals surface area contributed by atoms with E-state index in [0.717, 1.165) is 6.07 Å². The van der Waals surface area contributed by atoms with Gasteiger partial charge < -0.3 is 0 Å². The van der Waals surface area contributed by atoms with Crippen molar-refractivity contribution >= 4 is 17.3 Å². The van der Waals surface area contributed by atoms with Crippen molar-refractivity contribution in [1.82, 2.24) is 4.98 Å². The number of nitriles is 1. The molecule has 0 saturated heterocycles. The molecule has 0 aromatic carbocycles. The summed E-state index contributed by atoms with van der Waals surface area (Å²) in [7, 11) is 0. The minimum Gasteiger partial charge on any atom is -0.258 e. The molecule has 6 heteroatoms. The van der Waals surface area contributed by atoms with Gasteiger partial charge in [-0.2, -0.15) is 5.26 Å². The average Bonchev–Trinajstić information content (AvgIpc) is 2.03. The zero-order chi connectivity index (χ0) is 9.14. The first-order valence-electron chi connectivity index (χ1n) is 2.86. The van der Waals surface area contributed by atoms with Crippen molar-refractivity contribution in [2.75, 3.05) is 0 Å². The van der Waals surface area contributed by atoms with Gasteiger partial charge in [-0.1, -0.05) is 11.6 Å². The standard InChI is InChI=1S/C6H2ClN3O2/c7-6-4(3-8)5(10(11)12)1-2-9-6/h1-2H. The van der Waals surface area contributed by atoms with Crippen LogP contribution in [0.4, 0.5) is 5.69 Å². The topological polar surface area (TPSA) is 79.8 Å². The second-order valence-corrected chi connectivity index (χ2v) is 2.22. The molecule has 5 nitrogen and oxygen atoms in total. The first-order chi connectivity index (χ1) is 5.66. The summed E-state index contributed by atoms with van der Waals surface area (Å²) in [6.07, 6.45) is 1.18. The highest BCUT2D eigenvalue weighted by molar-refractivity contribution is 6.30. The van der Waals surface area contributed by atoms with E-state index in [1.807, 2.05) is 0 Å². The summed E-state index contributed by atoms with van der Waals surface area (Å²) in [5.41, 5.74) is -0.526. The van der Waals surface area contributed by atoms with Crippen molar-refractivity contribution in [3.05, 3.63) is 33.1 Å². The third-order valence-corrected chi connectivity index (χ3v) is 1.48.